The van der Waals surface area contributed by atoms with Crippen LogP contribution in [0.3, 0.4) is 0 Å². The maximum atomic E-state index is 13.2. The van der Waals surface area contributed by atoms with Crippen LogP contribution in [0.25, 0.3) is 0 Å². The summed E-state index contributed by atoms with van der Waals surface area (Å²) in [5.74, 6) is 0.486. The van der Waals surface area contributed by atoms with Crippen LogP contribution < -0.4 is 9.46 Å². The van der Waals surface area contributed by atoms with Gasteiger partial charge in [0.15, 0.2) is 0 Å². The van der Waals surface area contributed by atoms with Gasteiger partial charge in [-0.15, -0.1) is 0 Å². The van der Waals surface area contributed by atoms with Crippen molar-refractivity contribution in [3.63, 3.8) is 0 Å². The van der Waals surface area contributed by atoms with Gasteiger partial charge in [-0.25, -0.2) is 8.42 Å². The number of anilines is 1. The van der Waals surface area contributed by atoms with Crippen LogP contribution in [-0.2, 0) is 16.6 Å². The van der Waals surface area contributed by atoms with Gasteiger partial charge < -0.3 is 9.64 Å². The number of hydrogen-bond acceptors (Lipinski definition) is 5. The van der Waals surface area contributed by atoms with Gasteiger partial charge in [0.05, 0.1) is 11.5 Å². The number of hydrogen-bond donors (Lipinski definition) is 1. The highest BCUT2D eigenvalue weighted by Crippen LogP contribution is 2.30. The number of nitrogens with one attached hydrogen (secondary N) is 1. The van der Waals surface area contributed by atoms with Crippen molar-refractivity contribution < 1.29 is 17.9 Å². The molecule has 3 aromatic rings. The molecule has 8 heteroatoms. The zero-order chi connectivity index (χ0) is 22.6. The van der Waals surface area contributed by atoms with Crippen LogP contribution in [0.2, 0.25) is 0 Å². The molecule has 1 aromatic heterocycles. The second kappa shape index (κ2) is 9.40. The summed E-state index contributed by atoms with van der Waals surface area (Å²) >= 11 is 0. The van der Waals surface area contributed by atoms with Crippen molar-refractivity contribution in [1.29, 1.82) is 0 Å². The second-order valence-corrected chi connectivity index (χ2v) is 9.29. The summed E-state index contributed by atoms with van der Waals surface area (Å²) in [4.78, 5) is 19.2. The standard InChI is InChI=1S/C24H25N3O4S/c1-2-31-22-8-10-23(11-9-22)32(29,30)26-20-5-3-4-19(16-20)24(28)27(21-6-7-21)17-18-12-14-25-15-13-18/h3-5,8-16,21,26H,2,6-7,17H2,1H3. The molecule has 32 heavy (non-hydrogen) atoms. The highest BCUT2D eigenvalue weighted by molar-refractivity contribution is 7.92. The van der Waals surface area contributed by atoms with Crippen molar-refractivity contribution in [2.45, 2.75) is 37.2 Å². The third-order valence-electron chi connectivity index (χ3n) is 5.16. The molecule has 1 N–H and O–H groups in total. The Labute approximate surface area is 188 Å². The molecule has 4 rings (SSSR count). The van der Waals surface area contributed by atoms with Crippen LogP contribution in [0.1, 0.15) is 35.7 Å². The number of carbonyl (C=O) groups excluding carboxylic acids is 1. The Balaban J connectivity index is 1.51. The Morgan fingerprint density at radius 3 is 2.47 bits per heavy atom. The van der Waals surface area contributed by atoms with Crippen LogP contribution in [0.15, 0.2) is 78.0 Å². The molecule has 0 spiro atoms. The van der Waals surface area contributed by atoms with E-state index in [1.54, 1.807) is 48.8 Å². The molecule has 1 fully saturated rings. The maximum absolute atomic E-state index is 13.2. The van der Waals surface area contributed by atoms with Gasteiger partial charge in [0, 0.05) is 36.2 Å². The number of nitrogens with zero attached hydrogens (tertiary/aromatic N) is 2. The maximum Gasteiger partial charge on any atom is 0.261 e. The van der Waals surface area contributed by atoms with E-state index in [0.29, 0.717) is 30.2 Å². The molecule has 0 atom stereocenters. The zero-order valence-electron chi connectivity index (χ0n) is 17.8. The summed E-state index contributed by atoms with van der Waals surface area (Å²) in [5.41, 5.74) is 1.79. The molecule has 0 unspecified atom stereocenters. The number of benzene rings is 2. The largest absolute Gasteiger partial charge is 0.494 e. The molecule has 0 aliphatic heterocycles. The molecular formula is C24H25N3O4S. The minimum Gasteiger partial charge on any atom is -0.494 e. The van der Waals surface area contributed by atoms with E-state index in [9.17, 15) is 13.2 Å². The van der Waals surface area contributed by atoms with E-state index < -0.39 is 10.0 Å². The number of ether oxygens (including phenoxy) is 1. The molecule has 166 valence electrons. The molecule has 1 aliphatic carbocycles. The molecule has 0 bridgehead atoms. The lowest BCUT2D eigenvalue weighted by molar-refractivity contribution is 0.0730. The quantitative estimate of drug-likeness (QED) is 0.529. The fourth-order valence-corrected chi connectivity index (χ4v) is 4.46. The highest BCUT2D eigenvalue weighted by atomic mass is 32.2. The smallest absolute Gasteiger partial charge is 0.261 e. The lowest BCUT2D eigenvalue weighted by atomic mass is 10.1. The van der Waals surface area contributed by atoms with E-state index in [0.717, 1.165) is 18.4 Å². The van der Waals surface area contributed by atoms with Crippen molar-refractivity contribution in [3.05, 3.63) is 84.2 Å². The number of amides is 1. The summed E-state index contributed by atoms with van der Waals surface area (Å²) < 4.78 is 33.5. The van der Waals surface area contributed by atoms with Crippen molar-refractivity contribution in [1.82, 2.24) is 9.88 Å². The lowest BCUT2D eigenvalue weighted by Crippen LogP contribution is -2.32. The topological polar surface area (TPSA) is 88.6 Å². The first-order valence-electron chi connectivity index (χ1n) is 10.5. The van der Waals surface area contributed by atoms with Gasteiger partial charge in [0.2, 0.25) is 0 Å². The highest BCUT2D eigenvalue weighted by Gasteiger charge is 2.33. The monoisotopic (exact) mass is 451 g/mol. The predicted octanol–water partition coefficient (Wildman–Crippen LogP) is 4.09. The zero-order valence-corrected chi connectivity index (χ0v) is 18.6. The minimum absolute atomic E-state index is 0.119. The van der Waals surface area contributed by atoms with Crippen molar-refractivity contribution in [2.24, 2.45) is 0 Å². The van der Waals surface area contributed by atoms with E-state index in [4.69, 9.17) is 4.74 Å². The van der Waals surface area contributed by atoms with Gasteiger partial charge in [0.25, 0.3) is 15.9 Å². The van der Waals surface area contributed by atoms with Crippen LogP contribution in [0.4, 0.5) is 5.69 Å². The van der Waals surface area contributed by atoms with Gasteiger partial charge in [-0.3, -0.25) is 14.5 Å². The van der Waals surface area contributed by atoms with E-state index in [1.165, 1.54) is 12.1 Å². The average Bonchev–Trinajstić information content (AvgIpc) is 3.64. The minimum atomic E-state index is -3.80. The van der Waals surface area contributed by atoms with E-state index in [1.807, 2.05) is 24.0 Å². The van der Waals surface area contributed by atoms with Gasteiger partial charge in [-0.2, -0.15) is 0 Å². The van der Waals surface area contributed by atoms with Crippen LogP contribution in [0, 0.1) is 0 Å². The first kappa shape index (κ1) is 21.8. The Hall–Kier alpha value is -3.39. The Morgan fingerprint density at radius 1 is 1.09 bits per heavy atom. The Morgan fingerprint density at radius 2 is 1.81 bits per heavy atom. The van der Waals surface area contributed by atoms with Crippen LogP contribution in [0.5, 0.6) is 5.75 Å². The normalized spacial score (nSPS) is 13.4. The summed E-state index contributed by atoms with van der Waals surface area (Å²) in [6.07, 6.45) is 5.37. The van der Waals surface area contributed by atoms with E-state index in [2.05, 4.69) is 9.71 Å². The van der Waals surface area contributed by atoms with Crippen LogP contribution in [-0.4, -0.2) is 36.9 Å². The van der Waals surface area contributed by atoms with Gasteiger partial charge in [-0.05, 0) is 79.9 Å². The number of aromatic nitrogens is 1. The third kappa shape index (κ3) is 5.26. The number of carbonyl (C=O) groups is 1. The van der Waals surface area contributed by atoms with Crippen molar-refractivity contribution >= 4 is 21.6 Å². The van der Waals surface area contributed by atoms with Crippen molar-refractivity contribution in [2.75, 3.05) is 11.3 Å². The van der Waals surface area contributed by atoms with E-state index >= 15 is 0 Å². The molecule has 1 heterocycles. The average molecular weight is 452 g/mol. The third-order valence-corrected chi connectivity index (χ3v) is 6.55. The fraction of sp³-hybridized carbons (Fsp3) is 0.250. The first-order chi connectivity index (χ1) is 15.5. The first-order valence-corrected chi connectivity index (χ1v) is 12.0. The lowest BCUT2D eigenvalue weighted by Gasteiger charge is -2.23. The number of sulfonamides is 1. The summed E-state index contributed by atoms with van der Waals surface area (Å²) in [7, 11) is -3.80. The van der Waals surface area contributed by atoms with E-state index in [-0.39, 0.29) is 16.8 Å². The van der Waals surface area contributed by atoms with Gasteiger partial charge in [0.1, 0.15) is 5.75 Å². The molecule has 1 saturated carbocycles. The molecule has 0 saturated heterocycles. The van der Waals surface area contributed by atoms with Crippen molar-refractivity contribution in [3.8, 4) is 5.75 Å². The van der Waals surface area contributed by atoms with Crippen LogP contribution >= 0.6 is 0 Å². The number of pyridine rings is 1. The molecule has 7 nitrogen and oxygen atoms in total. The van der Waals surface area contributed by atoms with Gasteiger partial charge >= 0.3 is 0 Å². The SMILES string of the molecule is CCOc1ccc(S(=O)(=O)Nc2cccc(C(=O)N(Cc3ccncc3)C3CC3)c2)cc1. The fourth-order valence-electron chi connectivity index (χ4n) is 3.42. The number of rotatable bonds is 9. The molecule has 1 aliphatic rings. The summed E-state index contributed by atoms with van der Waals surface area (Å²) in [5, 5.41) is 0. The molecule has 1 amide bonds. The molecule has 2 aromatic carbocycles. The Kier molecular flexibility index (Phi) is 6.41. The second-order valence-electron chi connectivity index (χ2n) is 7.61. The molecule has 0 radical (unpaired) electrons. The van der Waals surface area contributed by atoms with Gasteiger partial charge in [-0.1, -0.05) is 6.07 Å². The summed E-state index contributed by atoms with van der Waals surface area (Å²) in [6, 6.07) is 16.8. The Bertz CT molecular complexity index is 1180. The predicted molar refractivity (Wildman–Crippen MR) is 122 cm³/mol. The summed E-state index contributed by atoms with van der Waals surface area (Å²) in [6.45, 7) is 2.86. The molecular weight excluding hydrogens is 426 g/mol.